The molecule has 0 atom stereocenters. The van der Waals surface area contributed by atoms with E-state index in [9.17, 15) is 14.0 Å². The predicted molar refractivity (Wildman–Crippen MR) is 99.1 cm³/mol. The fourth-order valence-electron chi connectivity index (χ4n) is 2.58. The average molecular weight is 381 g/mol. The van der Waals surface area contributed by atoms with Crippen LogP contribution in [0.25, 0.3) is 22.4 Å². The molecule has 2 heterocycles. The second-order valence-electron chi connectivity index (χ2n) is 5.66. The van der Waals surface area contributed by atoms with E-state index in [0.29, 0.717) is 26.4 Å². The van der Waals surface area contributed by atoms with Gasteiger partial charge in [0, 0.05) is 12.5 Å². The highest BCUT2D eigenvalue weighted by molar-refractivity contribution is 7.15. The van der Waals surface area contributed by atoms with E-state index in [1.54, 1.807) is 42.5 Å². The van der Waals surface area contributed by atoms with Crippen molar-refractivity contribution in [2.75, 3.05) is 0 Å². The molecular weight excluding hydrogens is 369 g/mol. The summed E-state index contributed by atoms with van der Waals surface area (Å²) in [6, 6.07) is 13.0. The number of benzene rings is 2. The molecule has 0 radical (unpaired) electrons. The molecule has 0 amide bonds. The first-order chi connectivity index (χ1) is 13.0. The van der Waals surface area contributed by atoms with Gasteiger partial charge in [0.05, 0.1) is 10.1 Å². The minimum atomic E-state index is -0.463. The van der Waals surface area contributed by atoms with Crippen molar-refractivity contribution in [1.82, 2.24) is 14.6 Å². The maximum absolute atomic E-state index is 13.8. The molecule has 0 unspecified atom stereocenters. The summed E-state index contributed by atoms with van der Waals surface area (Å²) < 4.78 is 20.5. The predicted octanol–water partition coefficient (Wildman–Crippen LogP) is 2.43. The highest BCUT2D eigenvalue weighted by atomic mass is 32.1. The summed E-state index contributed by atoms with van der Waals surface area (Å²) in [5.74, 6) is -0.289. The van der Waals surface area contributed by atoms with Crippen molar-refractivity contribution in [3.63, 3.8) is 0 Å². The van der Waals surface area contributed by atoms with Gasteiger partial charge in [-0.2, -0.15) is 9.50 Å². The number of fused-ring (bicyclic) bond motifs is 1. The van der Waals surface area contributed by atoms with Crippen LogP contribution in [0.4, 0.5) is 4.39 Å². The first-order valence-electron chi connectivity index (χ1n) is 7.96. The van der Waals surface area contributed by atoms with E-state index in [2.05, 4.69) is 10.1 Å². The zero-order chi connectivity index (χ0) is 19.0. The Balaban J connectivity index is 1.82. The van der Waals surface area contributed by atoms with Gasteiger partial charge < -0.3 is 4.74 Å². The molecule has 6 nitrogen and oxygen atoms in total. The molecule has 0 saturated heterocycles. The summed E-state index contributed by atoms with van der Waals surface area (Å²) in [5.41, 5.74) is 0.434. The molecule has 0 fully saturated rings. The van der Waals surface area contributed by atoms with E-state index in [4.69, 9.17) is 4.74 Å². The first kappa shape index (κ1) is 17.0. The molecule has 0 saturated carbocycles. The van der Waals surface area contributed by atoms with Crippen LogP contribution in [0.15, 0.2) is 53.3 Å². The number of carbonyl (C=O) groups excluding carboxylic acids is 1. The number of hydrogen-bond acceptors (Lipinski definition) is 6. The number of hydrogen-bond donors (Lipinski definition) is 0. The summed E-state index contributed by atoms with van der Waals surface area (Å²) in [6.07, 6.45) is 1.48. The van der Waals surface area contributed by atoms with Crippen molar-refractivity contribution in [3.05, 3.63) is 74.8 Å². The highest BCUT2D eigenvalue weighted by Gasteiger charge is 2.16. The Morgan fingerprint density at radius 1 is 1.19 bits per heavy atom. The monoisotopic (exact) mass is 381 g/mol. The molecule has 0 aliphatic heterocycles. The topological polar surface area (TPSA) is 73.6 Å². The second kappa shape index (κ2) is 6.73. The van der Waals surface area contributed by atoms with Gasteiger partial charge in [0.1, 0.15) is 11.6 Å². The SMILES string of the molecule is CC(=O)Oc1ccccc1-c1nc2sc(=Cc3ccccc3F)c(=O)n2n1. The lowest BCUT2D eigenvalue weighted by atomic mass is 10.2. The van der Waals surface area contributed by atoms with E-state index in [0.717, 1.165) is 15.9 Å². The Morgan fingerprint density at radius 2 is 1.93 bits per heavy atom. The van der Waals surface area contributed by atoms with Crippen LogP contribution in [0.5, 0.6) is 5.75 Å². The van der Waals surface area contributed by atoms with E-state index in [1.807, 2.05) is 0 Å². The molecule has 0 bridgehead atoms. The summed E-state index contributed by atoms with van der Waals surface area (Å²) >= 11 is 1.11. The molecule has 2 aromatic carbocycles. The zero-order valence-electron chi connectivity index (χ0n) is 14.0. The Hall–Kier alpha value is -3.39. The number of ether oxygens (including phenoxy) is 1. The van der Waals surface area contributed by atoms with Gasteiger partial charge in [-0.05, 0) is 24.3 Å². The minimum absolute atomic E-state index is 0.271. The lowest BCUT2D eigenvalue weighted by Gasteiger charge is -2.04. The normalized spacial score (nSPS) is 11.9. The average Bonchev–Trinajstić information content (AvgIpc) is 3.17. The number of halogens is 1. The van der Waals surface area contributed by atoms with Crippen LogP contribution >= 0.6 is 11.3 Å². The van der Waals surface area contributed by atoms with E-state index >= 15 is 0 Å². The third-order valence-corrected chi connectivity index (χ3v) is 4.71. The highest BCUT2D eigenvalue weighted by Crippen LogP contribution is 2.27. The molecule has 2 aromatic heterocycles. The molecule has 0 aliphatic rings. The van der Waals surface area contributed by atoms with Crippen molar-refractivity contribution in [2.24, 2.45) is 0 Å². The lowest BCUT2D eigenvalue weighted by Crippen LogP contribution is -2.23. The van der Waals surface area contributed by atoms with Gasteiger partial charge >= 0.3 is 5.97 Å². The molecule has 4 aromatic rings. The van der Waals surface area contributed by atoms with Crippen molar-refractivity contribution in [2.45, 2.75) is 6.92 Å². The van der Waals surface area contributed by atoms with Gasteiger partial charge in [-0.3, -0.25) is 9.59 Å². The number of aromatic nitrogens is 3. The molecule has 134 valence electrons. The third-order valence-electron chi connectivity index (χ3n) is 3.76. The van der Waals surface area contributed by atoms with Gasteiger partial charge in [-0.25, -0.2) is 4.39 Å². The van der Waals surface area contributed by atoms with E-state index in [-0.39, 0.29) is 11.4 Å². The second-order valence-corrected chi connectivity index (χ2v) is 6.67. The molecular formula is C19H12FN3O3S. The number of carbonyl (C=O) groups is 1. The number of thiazole rings is 1. The Bertz CT molecular complexity index is 1280. The van der Waals surface area contributed by atoms with Crippen LogP contribution in [0, 0.1) is 5.82 Å². The Kier molecular flexibility index (Phi) is 4.25. The summed E-state index contributed by atoms with van der Waals surface area (Å²) in [6.45, 7) is 1.30. The third kappa shape index (κ3) is 3.22. The van der Waals surface area contributed by atoms with Crippen molar-refractivity contribution in [3.8, 4) is 17.1 Å². The number of esters is 1. The quantitative estimate of drug-likeness (QED) is 0.403. The van der Waals surface area contributed by atoms with Crippen LogP contribution in [0.2, 0.25) is 0 Å². The van der Waals surface area contributed by atoms with Crippen LogP contribution in [-0.2, 0) is 4.79 Å². The van der Waals surface area contributed by atoms with Gasteiger partial charge in [0.25, 0.3) is 5.56 Å². The van der Waals surface area contributed by atoms with E-state index < -0.39 is 11.8 Å². The molecule has 4 rings (SSSR count). The Morgan fingerprint density at radius 3 is 2.67 bits per heavy atom. The number of para-hydroxylation sites is 1. The van der Waals surface area contributed by atoms with Gasteiger partial charge in [0.2, 0.25) is 4.96 Å². The fraction of sp³-hybridized carbons (Fsp3) is 0.0526. The van der Waals surface area contributed by atoms with Crippen molar-refractivity contribution < 1.29 is 13.9 Å². The van der Waals surface area contributed by atoms with Crippen LogP contribution < -0.4 is 14.8 Å². The molecule has 8 heteroatoms. The van der Waals surface area contributed by atoms with Gasteiger partial charge in [-0.1, -0.05) is 41.7 Å². The summed E-state index contributed by atoms with van der Waals surface area (Å²) in [7, 11) is 0. The van der Waals surface area contributed by atoms with Crippen molar-refractivity contribution in [1.29, 1.82) is 0 Å². The Labute approximate surface area is 156 Å². The van der Waals surface area contributed by atoms with Crippen molar-refractivity contribution >= 4 is 28.3 Å². The maximum Gasteiger partial charge on any atom is 0.308 e. The molecule has 0 spiro atoms. The maximum atomic E-state index is 13.8. The smallest absolute Gasteiger partial charge is 0.308 e. The summed E-state index contributed by atoms with van der Waals surface area (Å²) in [4.78, 5) is 28.6. The largest absolute Gasteiger partial charge is 0.426 e. The fourth-order valence-corrected chi connectivity index (χ4v) is 3.48. The molecule has 0 aliphatic carbocycles. The number of nitrogens with zero attached hydrogens (tertiary/aromatic N) is 3. The van der Waals surface area contributed by atoms with E-state index in [1.165, 1.54) is 19.1 Å². The van der Waals surface area contributed by atoms with Crippen LogP contribution in [0.1, 0.15) is 12.5 Å². The standard InChI is InChI=1S/C19H12FN3O3S/c1-11(24)26-15-9-5-3-7-13(15)17-21-19-23(22-17)18(25)16(27-19)10-12-6-2-4-8-14(12)20/h2-10H,1H3. The number of rotatable bonds is 3. The van der Waals surface area contributed by atoms with Gasteiger partial charge in [0.15, 0.2) is 5.82 Å². The minimum Gasteiger partial charge on any atom is -0.426 e. The van der Waals surface area contributed by atoms with Crippen LogP contribution in [0.3, 0.4) is 0 Å². The van der Waals surface area contributed by atoms with Crippen LogP contribution in [-0.4, -0.2) is 20.6 Å². The zero-order valence-corrected chi connectivity index (χ0v) is 14.9. The lowest BCUT2D eigenvalue weighted by molar-refractivity contribution is -0.131. The first-order valence-corrected chi connectivity index (χ1v) is 8.78. The van der Waals surface area contributed by atoms with Gasteiger partial charge in [-0.15, -0.1) is 5.10 Å². The molecule has 27 heavy (non-hydrogen) atoms. The summed E-state index contributed by atoms with van der Waals surface area (Å²) in [5, 5.41) is 4.23. The molecule has 0 N–H and O–H groups in total.